The highest BCUT2D eigenvalue weighted by Crippen LogP contribution is 2.24. The number of hydrogen-bond acceptors (Lipinski definition) is 5. The molecule has 0 unspecified atom stereocenters. The summed E-state index contributed by atoms with van der Waals surface area (Å²) in [6.07, 6.45) is -0.771. The average Bonchev–Trinajstić information content (AvgIpc) is 3.13. The molecule has 0 saturated heterocycles. The number of amides is 1. The molecule has 2 aromatic rings. The summed E-state index contributed by atoms with van der Waals surface area (Å²) >= 11 is 1.80. The van der Waals surface area contributed by atoms with E-state index in [-0.39, 0.29) is 12.3 Å². The van der Waals surface area contributed by atoms with Gasteiger partial charge in [-0.25, -0.2) is 0 Å². The van der Waals surface area contributed by atoms with Crippen LogP contribution in [0, 0.1) is 6.92 Å². The molecular weight excluding hydrogens is 324 g/mol. The third-order valence-corrected chi connectivity index (χ3v) is 5.45. The van der Waals surface area contributed by atoms with Gasteiger partial charge >= 0.3 is 0 Å². The molecule has 1 atom stereocenters. The number of aryl methyl sites for hydroxylation is 1. The fourth-order valence-corrected chi connectivity index (χ4v) is 3.81. The molecule has 0 saturated carbocycles. The summed E-state index contributed by atoms with van der Waals surface area (Å²) in [5.74, 6) is -0.0942. The maximum absolute atomic E-state index is 11.8. The minimum Gasteiger partial charge on any atom is -0.386 e. The summed E-state index contributed by atoms with van der Waals surface area (Å²) in [6, 6.07) is 4.09. The molecule has 0 fully saturated rings. The Labute approximate surface area is 146 Å². The number of carbonyl (C=O) groups excluding carboxylic acids is 1. The molecule has 1 amide bonds. The summed E-state index contributed by atoms with van der Waals surface area (Å²) in [5, 5.41) is 16.9. The van der Waals surface area contributed by atoms with Crippen LogP contribution in [0.25, 0.3) is 0 Å². The molecule has 3 rings (SSSR count). The van der Waals surface area contributed by atoms with Crippen molar-refractivity contribution in [1.29, 1.82) is 0 Å². The Morgan fingerprint density at radius 3 is 2.92 bits per heavy atom. The molecule has 3 heterocycles. The van der Waals surface area contributed by atoms with E-state index in [4.69, 9.17) is 0 Å². The molecule has 2 aromatic heterocycles. The third-order valence-electron chi connectivity index (χ3n) is 4.44. The Morgan fingerprint density at radius 2 is 2.25 bits per heavy atom. The van der Waals surface area contributed by atoms with E-state index in [0.717, 1.165) is 31.9 Å². The largest absolute Gasteiger partial charge is 0.386 e. The zero-order chi connectivity index (χ0) is 17.3. The Bertz CT molecular complexity index is 722. The Kier molecular flexibility index (Phi) is 5.03. The predicted octanol–water partition coefficient (Wildman–Crippen LogP) is 1.78. The van der Waals surface area contributed by atoms with Crippen LogP contribution >= 0.6 is 11.3 Å². The first-order valence-electron chi connectivity index (χ1n) is 8.14. The van der Waals surface area contributed by atoms with E-state index in [9.17, 15) is 9.90 Å². The van der Waals surface area contributed by atoms with E-state index in [1.807, 2.05) is 10.7 Å². The molecule has 0 spiro atoms. The SMILES string of the molecule is Cc1ccsc1CN1CCn2nc([C@@H](O)CC(=O)N(C)C)cc2C1. The predicted molar refractivity (Wildman–Crippen MR) is 93.7 cm³/mol. The van der Waals surface area contributed by atoms with E-state index < -0.39 is 6.10 Å². The average molecular weight is 348 g/mol. The summed E-state index contributed by atoms with van der Waals surface area (Å²) in [7, 11) is 3.38. The van der Waals surface area contributed by atoms with Gasteiger partial charge in [-0.05, 0) is 30.0 Å². The summed E-state index contributed by atoms with van der Waals surface area (Å²) in [5.41, 5.74) is 3.04. The summed E-state index contributed by atoms with van der Waals surface area (Å²) < 4.78 is 1.95. The second-order valence-corrected chi connectivity index (χ2v) is 7.53. The van der Waals surface area contributed by atoms with Crippen LogP contribution in [0.2, 0.25) is 0 Å². The van der Waals surface area contributed by atoms with Crippen molar-refractivity contribution in [1.82, 2.24) is 19.6 Å². The van der Waals surface area contributed by atoms with Gasteiger partial charge in [-0.15, -0.1) is 11.3 Å². The second kappa shape index (κ2) is 7.04. The van der Waals surface area contributed by atoms with Crippen molar-refractivity contribution in [3.63, 3.8) is 0 Å². The van der Waals surface area contributed by atoms with E-state index in [0.29, 0.717) is 5.69 Å². The van der Waals surface area contributed by atoms with Gasteiger partial charge in [-0.1, -0.05) is 0 Å². The van der Waals surface area contributed by atoms with Crippen molar-refractivity contribution < 1.29 is 9.90 Å². The van der Waals surface area contributed by atoms with Crippen molar-refractivity contribution >= 4 is 17.2 Å². The van der Waals surface area contributed by atoms with Gasteiger partial charge in [0, 0.05) is 38.6 Å². The van der Waals surface area contributed by atoms with Crippen LogP contribution in [0.4, 0.5) is 0 Å². The lowest BCUT2D eigenvalue weighted by Crippen LogP contribution is -2.33. The Hall–Kier alpha value is -1.70. The zero-order valence-corrected chi connectivity index (χ0v) is 15.2. The highest BCUT2D eigenvalue weighted by atomic mass is 32.1. The second-order valence-electron chi connectivity index (χ2n) is 6.53. The number of aromatic nitrogens is 2. The van der Waals surface area contributed by atoms with E-state index in [1.54, 1.807) is 25.4 Å². The third kappa shape index (κ3) is 3.68. The number of nitrogens with zero attached hydrogens (tertiary/aromatic N) is 4. The fourth-order valence-electron chi connectivity index (χ4n) is 2.86. The minimum atomic E-state index is -0.842. The molecule has 0 bridgehead atoms. The number of carbonyl (C=O) groups is 1. The van der Waals surface area contributed by atoms with Gasteiger partial charge in [0.15, 0.2) is 0 Å². The fraction of sp³-hybridized carbons (Fsp3) is 0.529. The number of fused-ring (bicyclic) bond motifs is 1. The quantitative estimate of drug-likeness (QED) is 0.895. The maximum Gasteiger partial charge on any atom is 0.225 e. The highest BCUT2D eigenvalue weighted by molar-refractivity contribution is 7.10. The number of aliphatic hydroxyl groups is 1. The van der Waals surface area contributed by atoms with E-state index in [2.05, 4.69) is 28.4 Å². The lowest BCUT2D eigenvalue weighted by Gasteiger charge is -2.27. The van der Waals surface area contributed by atoms with Crippen LogP contribution in [0.5, 0.6) is 0 Å². The zero-order valence-electron chi connectivity index (χ0n) is 14.4. The van der Waals surface area contributed by atoms with Crippen LogP contribution in [0.1, 0.15) is 34.4 Å². The first-order valence-corrected chi connectivity index (χ1v) is 9.02. The number of thiophene rings is 1. The van der Waals surface area contributed by atoms with Gasteiger partial charge in [0.25, 0.3) is 0 Å². The van der Waals surface area contributed by atoms with E-state index >= 15 is 0 Å². The molecule has 1 N–H and O–H groups in total. The van der Waals surface area contributed by atoms with Crippen LogP contribution in [-0.2, 0) is 24.4 Å². The van der Waals surface area contributed by atoms with Crippen molar-refractivity contribution in [3.8, 4) is 0 Å². The van der Waals surface area contributed by atoms with Crippen LogP contribution in [0.15, 0.2) is 17.5 Å². The lowest BCUT2D eigenvalue weighted by molar-refractivity contribution is -0.130. The first kappa shape index (κ1) is 17.1. The summed E-state index contributed by atoms with van der Waals surface area (Å²) in [6.45, 7) is 5.67. The Balaban J connectivity index is 1.66. The number of rotatable bonds is 5. The van der Waals surface area contributed by atoms with Gasteiger partial charge in [-0.2, -0.15) is 5.10 Å². The molecular formula is C17H24N4O2S. The first-order chi connectivity index (χ1) is 11.4. The molecule has 7 heteroatoms. The van der Waals surface area contributed by atoms with Crippen molar-refractivity contribution in [2.75, 3.05) is 20.6 Å². The van der Waals surface area contributed by atoms with Gasteiger partial charge in [0.2, 0.25) is 5.91 Å². The molecule has 0 radical (unpaired) electrons. The van der Waals surface area contributed by atoms with Gasteiger partial charge in [0.1, 0.15) is 6.10 Å². The molecule has 0 aliphatic carbocycles. The normalized spacial score (nSPS) is 16.0. The molecule has 1 aliphatic heterocycles. The van der Waals surface area contributed by atoms with E-state index in [1.165, 1.54) is 15.3 Å². The Morgan fingerprint density at radius 1 is 1.46 bits per heavy atom. The minimum absolute atomic E-state index is 0.0710. The van der Waals surface area contributed by atoms with Crippen molar-refractivity contribution in [2.24, 2.45) is 0 Å². The van der Waals surface area contributed by atoms with Gasteiger partial charge in [0.05, 0.1) is 24.4 Å². The maximum atomic E-state index is 11.8. The smallest absolute Gasteiger partial charge is 0.225 e. The topological polar surface area (TPSA) is 61.6 Å². The van der Waals surface area contributed by atoms with Gasteiger partial charge in [-0.3, -0.25) is 14.4 Å². The lowest BCUT2D eigenvalue weighted by atomic mass is 10.1. The van der Waals surface area contributed by atoms with Crippen LogP contribution in [-0.4, -0.2) is 51.2 Å². The van der Waals surface area contributed by atoms with Crippen molar-refractivity contribution in [3.05, 3.63) is 39.3 Å². The molecule has 130 valence electrons. The molecule has 1 aliphatic rings. The monoisotopic (exact) mass is 348 g/mol. The summed E-state index contributed by atoms with van der Waals surface area (Å²) in [4.78, 5) is 17.0. The molecule has 24 heavy (non-hydrogen) atoms. The van der Waals surface area contributed by atoms with Crippen molar-refractivity contribution in [2.45, 2.75) is 39.1 Å². The number of aliphatic hydroxyl groups excluding tert-OH is 1. The molecule has 6 nitrogen and oxygen atoms in total. The van der Waals surface area contributed by atoms with Crippen LogP contribution < -0.4 is 0 Å². The van der Waals surface area contributed by atoms with Crippen LogP contribution in [0.3, 0.4) is 0 Å². The van der Waals surface area contributed by atoms with Gasteiger partial charge < -0.3 is 10.0 Å². The highest BCUT2D eigenvalue weighted by Gasteiger charge is 2.23. The molecule has 0 aromatic carbocycles. The standard InChI is InChI=1S/C17H24N4O2S/c1-12-4-7-24-16(12)11-20-5-6-21-13(10-20)8-14(18-21)15(22)9-17(23)19(2)3/h4,7-8,15,22H,5-6,9-11H2,1-3H3/t15-/m0/s1. The number of hydrogen-bond donors (Lipinski definition) is 1.